The molecule has 2 aromatic rings. The van der Waals surface area contributed by atoms with Gasteiger partial charge in [0.05, 0.1) is 6.10 Å². The average molecular weight is 616 g/mol. The minimum absolute atomic E-state index is 0.0547. The van der Waals surface area contributed by atoms with E-state index in [1.54, 1.807) is 6.07 Å². The SMILES string of the molecule is O=C(NC1CC2(C1)CC(Nc1cc(C(=O)NC[C@H](O)CN3CCc4ccccc4C3)ncn1)C2)C(=NOC1CCCC1)C1CC1. The van der Waals surface area contributed by atoms with Crippen molar-refractivity contribution in [2.24, 2.45) is 16.5 Å². The highest BCUT2D eigenvalue weighted by Crippen LogP contribution is 2.56. The molecule has 1 aromatic heterocycles. The van der Waals surface area contributed by atoms with Gasteiger partial charge in [0, 0.05) is 50.2 Å². The zero-order chi connectivity index (χ0) is 30.8. The summed E-state index contributed by atoms with van der Waals surface area (Å²) >= 11 is 0. The van der Waals surface area contributed by atoms with Gasteiger partial charge in [0.15, 0.2) is 0 Å². The third-order valence-electron chi connectivity index (χ3n) is 10.3. The number of benzene rings is 1. The van der Waals surface area contributed by atoms with Crippen LogP contribution in [0.3, 0.4) is 0 Å². The minimum atomic E-state index is -0.668. The predicted octanol–water partition coefficient (Wildman–Crippen LogP) is 3.19. The van der Waals surface area contributed by atoms with Crippen LogP contribution in [0.2, 0.25) is 0 Å². The second kappa shape index (κ2) is 13.0. The molecular weight excluding hydrogens is 570 g/mol. The lowest BCUT2D eigenvalue weighted by Gasteiger charge is -2.57. The van der Waals surface area contributed by atoms with Crippen molar-refractivity contribution in [3.8, 4) is 0 Å². The van der Waals surface area contributed by atoms with E-state index in [2.05, 4.69) is 54.2 Å². The number of hydrogen-bond donors (Lipinski definition) is 4. The monoisotopic (exact) mass is 615 g/mol. The Morgan fingerprint density at radius 1 is 1.04 bits per heavy atom. The maximum absolute atomic E-state index is 13.0. The number of amides is 2. The molecule has 2 amide bonds. The number of nitrogens with one attached hydrogen (secondary N) is 3. The van der Waals surface area contributed by atoms with Gasteiger partial charge in [-0.1, -0.05) is 29.4 Å². The van der Waals surface area contributed by atoms with Gasteiger partial charge >= 0.3 is 0 Å². The van der Waals surface area contributed by atoms with Gasteiger partial charge in [0.2, 0.25) is 0 Å². The van der Waals surface area contributed by atoms with E-state index in [0.29, 0.717) is 18.1 Å². The van der Waals surface area contributed by atoms with Crippen molar-refractivity contribution in [3.63, 3.8) is 0 Å². The molecule has 0 saturated heterocycles. The summed E-state index contributed by atoms with van der Waals surface area (Å²) in [6.45, 7) is 2.37. The number of anilines is 1. The summed E-state index contributed by atoms with van der Waals surface area (Å²) in [4.78, 5) is 42.2. The molecule has 0 unspecified atom stereocenters. The molecule has 1 atom stereocenters. The molecule has 1 aromatic carbocycles. The van der Waals surface area contributed by atoms with Crippen molar-refractivity contribution in [1.29, 1.82) is 0 Å². The van der Waals surface area contributed by atoms with Crippen LogP contribution in [0.25, 0.3) is 0 Å². The van der Waals surface area contributed by atoms with Crippen LogP contribution in [-0.2, 0) is 22.6 Å². The quantitative estimate of drug-likeness (QED) is 0.211. The van der Waals surface area contributed by atoms with Crippen molar-refractivity contribution >= 4 is 23.3 Å². The minimum Gasteiger partial charge on any atom is -0.392 e. The van der Waals surface area contributed by atoms with Gasteiger partial charge in [-0.2, -0.15) is 0 Å². The van der Waals surface area contributed by atoms with E-state index in [0.717, 1.165) is 70.9 Å². The summed E-state index contributed by atoms with van der Waals surface area (Å²) in [7, 11) is 0. The number of aliphatic hydroxyl groups is 1. The molecule has 4 fully saturated rings. The third kappa shape index (κ3) is 7.30. The Kier molecular flexibility index (Phi) is 8.72. The fourth-order valence-electron chi connectivity index (χ4n) is 7.69. The molecule has 1 aliphatic heterocycles. The first-order chi connectivity index (χ1) is 21.9. The molecule has 240 valence electrons. The van der Waals surface area contributed by atoms with Crippen LogP contribution in [0.1, 0.15) is 85.8 Å². The van der Waals surface area contributed by atoms with Gasteiger partial charge in [0.25, 0.3) is 11.8 Å². The number of hydrogen-bond acceptors (Lipinski definition) is 9. The standard InChI is InChI=1S/C34H45N7O4/c42-27(20-41-12-11-22-5-1-2-6-24(22)19-41)18-35-32(43)29-13-30(37-21-36-29)38-25-14-34(15-25)16-26(17-34)39-33(44)31(23-9-10-23)40-45-28-7-3-4-8-28/h1-2,5-6,13,21,23,25-28,42H,3-4,7-12,14-20H2,(H,35,43)(H,39,44)(H,36,37,38)/t25?,26?,27-,34?/m0/s1. The van der Waals surface area contributed by atoms with Gasteiger partial charge in [-0.3, -0.25) is 14.5 Å². The molecule has 0 radical (unpaired) electrons. The zero-order valence-corrected chi connectivity index (χ0v) is 25.9. The Balaban J connectivity index is 0.819. The molecular formula is C34H45N7O4. The summed E-state index contributed by atoms with van der Waals surface area (Å²) in [6.07, 6.45) is 12.3. The van der Waals surface area contributed by atoms with Crippen molar-refractivity contribution in [2.45, 2.75) is 101 Å². The second-order valence-corrected chi connectivity index (χ2v) is 14.0. The summed E-state index contributed by atoms with van der Waals surface area (Å²) in [5, 5.41) is 24.4. The van der Waals surface area contributed by atoms with Gasteiger partial charge in [0.1, 0.15) is 29.7 Å². The van der Waals surface area contributed by atoms with Crippen LogP contribution in [0.15, 0.2) is 41.8 Å². The molecule has 7 rings (SSSR count). The number of rotatable bonds is 12. The molecule has 45 heavy (non-hydrogen) atoms. The Morgan fingerprint density at radius 3 is 2.58 bits per heavy atom. The van der Waals surface area contributed by atoms with Crippen molar-refractivity contribution < 1.29 is 19.5 Å². The first-order valence-corrected chi connectivity index (χ1v) is 16.8. The molecule has 1 spiro atoms. The maximum Gasteiger partial charge on any atom is 0.270 e. The second-order valence-electron chi connectivity index (χ2n) is 14.0. The lowest BCUT2D eigenvalue weighted by molar-refractivity contribution is -0.118. The summed E-state index contributed by atoms with van der Waals surface area (Å²) in [6, 6.07) is 10.5. The van der Waals surface area contributed by atoms with Gasteiger partial charge in [-0.15, -0.1) is 0 Å². The largest absolute Gasteiger partial charge is 0.392 e. The van der Waals surface area contributed by atoms with Crippen LogP contribution in [-0.4, -0.2) is 81.4 Å². The number of carbonyl (C=O) groups is 2. The van der Waals surface area contributed by atoms with Crippen LogP contribution in [0.4, 0.5) is 5.82 Å². The fraction of sp³-hybridized carbons (Fsp3) is 0.618. The summed E-state index contributed by atoms with van der Waals surface area (Å²) < 4.78 is 0. The van der Waals surface area contributed by atoms with Crippen LogP contribution in [0.5, 0.6) is 0 Å². The number of aliphatic hydroxyl groups excluding tert-OH is 1. The number of fused-ring (bicyclic) bond motifs is 1. The fourth-order valence-corrected chi connectivity index (χ4v) is 7.69. The van der Waals surface area contributed by atoms with Crippen LogP contribution < -0.4 is 16.0 Å². The van der Waals surface area contributed by atoms with Crippen LogP contribution >= 0.6 is 0 Å². The first-order valence-electron chi connectivity index (χ1n) is 16.8. The lowest BCUT2D eigenvalue weighted by atomic mass is 9.52. The van der Waals surface area contributed by atoms with Gasteiger partial charge < -0.3 is 25.9 Å². The third-order valence-corrected chi connectivity index (χ3v) is 10.3. The predicted molar refractivity (Wildman–Crippen MR) is 170 cm³/mol. The zero-order valence-electron chi connectivity index (χ0n) is 25.9. The molecule has 4 saturated carbocycles. The average Bonchev–Trinajstić information content (AvgIpc) is 3.71. The topological polar surface area (TPSA) is 141 Å². The summed E-state index contributed by atoms with van der Waals surface area (Å²) in [5.41, 5.74) is 3.79. The Morgan fingerprint density at radius 2 is 1.80 bits per heavy atom. The number of aromatic nitrogens is 2. The lowest BCUT2D eigenvalue weighted by Crippen LogP contribution is -2.59. The van der Waals surface area contributed by atoms with Crippen LogP contribution in [0, 0.1) is 11.3 Å². The van der Waals surface area contributed by atoms with Crippen molar-refractivity contribution in [3.05, 3.63) is 53.5 Å². The van der Waals surface area contributed by atoms with Crippen molar-refractivity contribution in [1.82, 2.24) is 25.5 Å². The molecule has 11 nitrogen and oxygen atoms in total. The number of β-amino-alcohol motifs (C(OH)–C–C–N with tert-alkyl or cyclic N) is 1. The van der Waals surface area contributed by atoms with E-state index in [1.807, 2.05) is 6.07 Å². The summed E-state index contributed by atoms with van der Waals surface area (Å²) in [5.74, 6) is 0.495. The molecule has 4 aliphatic carbocycles. The number of oxime groups is 1. The highest BCUT2D eigenvalue weighted by atomic mass is 16.6. The molecule has 2 heterocycles. The normalized spacial score (nSPS) is 27.2. The maximum atomic E-state index is 13.0. The molecule has 0 bridgehead atoms. The van der Waals surface area contributed by atoms with Gasteiger partial charge in [-0.05, 0) is 87.2 Å². The van der Waals surface area contributed by atoms with E-state index in [4.69, 9.17) is 4.84 Å². The highest BCUT2D eigenvalue weighted by molar-refractivity contribution is 6.40. The molecule has 5 aliphatic rings. The molecule has 4 N–H and O–H groups in total. The van der Waals surface area contributed by atoms with E-state index in [-0.39, 0.29) is 53.6 Å². The Bertz CT molecular complexity index is 1410. The van der Waals surface area contributed by atoms with E-state index in [9.17, 15) is 14.7 Å². The van der Waals surface area contributed by atoms with E-state index < -0.39 is 6.10 Å². The highest BCUT2D eigenvalue weighted by Gasteiger charge is 2.53. The number of nitrogens with zero attached hydrogens (tertiary/aromatic N) is 4. The molecule has 11 heteroatoms. The van der Waals surface area contributed by atoms with Crippen molar-refractivity contribution in [2.75, 3.05) is 25.0 Å². The Hall–Kier alpha value is -3.57. The Labute approximate surface area is 264 Å². The van der Waals surface area contributed by atoms with E-state index in [1.165, 1.54) is 30.3 Å². The van der Waals surface area contributed by atoms with Gasteiger partial charge in [-0.25, -0.2) is 9.97 Å². The van der Waals surface area contributed by atoms with E-state index >= 15 is 0 Å². The number of carbonyl (C=O) groups excluding carboxylic acids is 2. The smallest absolute Gasteiger partial charge is 0.270 e. The first kappa shape index (κ1) is 30.1.